The number of esters is 1. The highest BCUT2D eigenvalue weighted by Crippen LogP contribution is 2.49. The summed E-state index contributed by atoms with van der Waals surface area (Å²) in [6.45, 7) is 10.1. The molecule has 42 heavy (non-hydrogen) atoms. The molecule has 0 radical (unpaired) electrons. The summed E-state index contributed by atoms with van der Waals surface area (Å²) >= 11 is 0. The molecule has 0 saturated carbocycles. The van der Waals surface area contributed by atoms with Crippen molar-refractivity contribution in [3.63, 3.8) is 0 Å². The molecule has 5 rings (SSSR count). The molecule has 0 aromatic heterocycles. The van der Waals surface area contributed by atoms with Crippen LogP contribution in [0.4, 0.5) is 5.69 Å². The summed E-state index contributed by atoms with van der Waals surface area (Å²) in [5.74, 6) is 0.0284. The van der Waals surface area contributed by atoms with E-state index in [1.54, 1.807) is 24.3 Å². The molecule has 0 N–H and O–H groups in total. The van der Waals surface area contributed by atoms with Crippen molar-refractivity contribution in [2.45, 2.75) is 71.6 Å². The predicted molar refractivity (Wildman–Crippen MR) is 169 cm³/mol. The largest absolute Gasteiger partial charge is 0.426 e. The molecule has 5 heteroatoms. The van der Waals surface area contributed by atoms with E-state index in [4.69, 9.17) is 4.74 Å². The molecule has 0 fully saturated rings. The van der Waals surface area contributed by atoms with E-state index in [2.05, 4.69) is 98.9 Å². The van der Waals surface area contributed by atoms with Gasteiger partial charge < -0.3 is 9.64 Å². The number of carbonyl (C=O) groups excluding carboxylic acids is 2. The number of rotatable bonds is 10. The summed E-state index contributed by atoms with van der Waals surface area (Å²) in [6.07, 6.45) is 17.3. The smallest absolute Gasteiger partial charge is 0.311 e. The third-order valence-electron chi connectivity index (χ3n) is 9.06. The van der Waals surface area contributed by atoms with Gasteiger partial charge in [0, 0.05) is 54.4 Å². The van der Waals surface area contributed by atoms with Crippen LogP contribution in [0.25, 0.3) is 0 Å². The van der Waals surface area contributed by atoms with Gasteiger partial charge in [-0.15, -0.1) is 0 Å². The number of nitrogens with zero attached hydrogens (tertiary/aromatic N) is 2. The molecule has 2 aromatic carbocycles. The standard InChI is InChI=1S/C37H43N2O3/c1-36(2)28-17-9-11-19-30(28)38(5)33(36)22-15-23-34-37(3,4)29-18-10-12-20-31(29)39(34)25-14-6-7-24-35(41)42-32-21-13-8-16-27(32)26-40/h8-10,12-13,15-18,20-23,26H,6-7,11,14,19,24-25H2,1-5H3/q+1. The maximum Gasteiger partial charge on any atom is 0.311 e. The zero-order valence-electron chi connectivity index (χ0n) is 25.7. The molecule has 0 saturated heterocycles. The van der Waals surface area contributed by atoms with Crippen molar-refractivity contribution in [2.75, 3.05) is 13.6 Å². The summed E-state index contributed by atoms with van der Waals surface area (Å²) in [7, 11) is 2.20. The molecular formula is C37H43N2O3+. The van der Waals surface area contributed by atoms with E-state index in [1.807, 2.05) is 0 Å². The van der Waals surface area contributed by atoms with E-state index < -0.39 is 0 Å². The molecular weight excluding hydrogens is 520 g/mol. The number of carbonyl (C=O) groups is 2. The van der Waals surface area contributed by atoms with Crippen molar-refractivity contribution in [1.82, 2.24) is 4.90 Å². The molecule has 2 aromatic rings. The van der Waals surface area contributed by atoms with E-state index in [0.29, 0.717) is 24.0 Å². The van der Waals surface area contributed by atoms with Crippen LogP contribution in [0.15, 0.2) is 95.9 Å². The number of hydrogen-bond donors (Lipinski definition) is 0. The number of allylic oxidation sites excluding steroid dienone is 7. The summed E-state index contributed by atoms with van der Waals surface area (Å²) < 4.78 is 7.89. The van der Waals surface area contributed by atoms with Crippen LogP contribution in [0.2, 0.25) is 0 Å². The van der Waals surface area contributed by atoms with Crippen molar-refractivity contribution >= 4 is 23.7 Å². The topological polar surface area (TPSA) is 49.6 Å². The molecule has 1 aliphatic carbocycles. The maximum atomic E-state index is 12.4. The Morgan fingerprint density at radius 1 is 1.00 bits per heavy atom. The maximum absolute atomic E-state index is 12.4. The first-order chi connectivity index (χ1) is 20.2. The van der Waals surface area contributed by atoms with Crippen LogP contribution in [0.1, 0.15) is 82.1 Å². The van der Waals surface area contributed by atoms with Crippen LogP contribution in [0.5, 0.6) is 5.75 Å². The summed E-state index contributed by atoms with van der Waals surface area (Å²) in [5.41, 5.74) is 8.38. The van der Waals surface area contributed by atoms with E-state index in [9.17, 15) is 9.59 Å². The average Bonchev–Trinajstić information content (AvgIpc) is 3.32. The molecule has 0 spiro atoms. The fraction of sp³-hybridized carbons (Fsp3) is 0.378. The SMILES string of the molecule is CN1C2=C(C=CCC2)C(C)(C)/C1=C\C=C\C1=[N+](CCCCCC(=O)Oc2ccccc2C=O)c2ccccc2C1(C)C. The Balaban J connectivity index is 1.28. The Morgan fingerprint density at radius 3 is 2.55 bits per heavy atom. The van der Waals surface area contributed by atoms with Gasteiger partial charge in [0.2, 0.25) is 5.69 Å². The lowest BCUT2D eigenvalue weighted by molar-refractivity contribution is -0.438. The lowest BCUT2D eigenvalue weighted by Gasteiger charge is -2.25. The van der Waals surface area contributed by atoms with E-state index in [1.165, 1.54) is 33.9 Å². The van der Waals surface area contributed by atoms with Crippen LogP contribution in [0.3, 0.4) is 0 Å². The third kappa shape index (κ3) is 5.57. The molecule has 218 valence electrons. The second-order valence-corrected chi connectivity index (χ2v) is 12.5. The monoisotopic (exact) mass is 563 g/mol. The quantitative estimate of drug-likeness (QED) is 0.0965. The van der Waals surface area contributed by atoms with E-state index >= 15 is 0 Å². The Morgan fingerprint density at radius 2 is 1.76 bits per heavy atom. The first kappa shape index (κ1) is 29.5. The molecule has 0 unspecified atom stereocenters. The highest BCUT2D eigenvalue weighted by molar-refractivity contribution is 6.03. The van der Waals surface area contributed by atoms with Crippen molar-refractivity contribution in [3.8, 4) is 5.75 Å². The lowest BCUT2D eigenvalue weighted by atomic mass is 9.80. The van der Waals surface area contributed by atoms with Gasteiger partial charge in [0.1, 0.15) is 12.3 Å². The number of aldehydes is 1. The third-order valence-corrected chi connectivity index (χ3v) is 9.06. The van der Waals surface area contributed by atoms with Crippen LogP contribution in [-0.4, -0.2) is 41.0 Å². The van der Waals surface area contributed by atoms with Gasteiger partial charge in [0.25, 0.3) is 0 Å². The van der Waals surface area contributed by atoms with Gasteiger partial charge in [-0.2, -0.15) is 4.58 Å². The first-order valence-corrected chi connectivity index (χ1v) is 15.2. The van der Waals surface area contributed by atoms with Gasteiger partial charge in [0.05, 0.1) is 11.0 Å². The minimum Gasteiger partial charge on any atom is -0.426 e. The molecule has 3 aliphatic rings. The number of para-hydroxylation sites is 2. The molecule has 2 aliphatic heterocycles. The second-order valence-electron chi connectivity index (χ2n) is 12.5. The number of fused-ring (bicyclic) bond motifs is 1. The van der Waals surface area contributed by atoms with E-state index in [-0.39, 0.29) is 16.8 Å². The normalized spacial score (nSPS) is 19.5. The van der Waals surface area contributed by atoms with Crippen LogP contribution >= 0.6 is 0 Å². The van der Waals surface area contributed by atoms with Gasteiger partial charge in [-0.25, -0.2) is 0 Å². The Bertz CT molecular complexity index is 1530. The second kappa shape index (κ2) is 12.1. The number of ether oxygens (including phenoxy) is 1. The number of unbranched alkanes of at least 4 members (excludes halogenated alkanes) is 2. The number of hydrogen-bond acceptors (Lipinski definition) is 4. The van der Waals surface area contributed by atoms with Gasteiger partial charge in [-0.05, 0) is 63.3 Å². The van der Waals surface area contributed by atoms with Crippen LogP contribution < -0.4 is 4.74 Å². The summed E-state index contributed by atoms with van der Waals surface area (Å²) in [4.78, 5) is 26.0. The van der Waals surface area contributed by atoms with Crippen LogP contribution in [0, 0.1) is 5.41 Å². The fourth-order valence-electron chi connectivity index (χ4n) is 6.77. The zero-order valence-corrected chi connectivity index (χ0v) is 25.7. The van der Waals surface area contributed by atoms with Crippen molar-refractivity contribution < 1.29 is 18.9 Å². The van der Waals surface area contributed by atoms with Gasteiger partial charge in [0.15, 0.2) is 12.0 Å². The Labute approximate surface area is 250 Å². The highest BCUT2D eigenvalue weighted by atomic mass is 16.5. The minimum absolute atomic E-state index is 0.0136. The Hall–Kier alpha value is -3.99. The minimum atomic E-state index is -0.299. The lowest BCUT2D eigenvalue weighted by Crippen LogP contribution is -2.28. The van der Waals surface area contributed by atoms with E-state index in [0.717, 1.165) is 38.6 Å². The molecule has 0 bridgehead atoms. The highest BCUT2D eigenvalue weighted by Gasteiger charge is 2.44. The Kier molecular flexibility index (Phi) is 8.49. The van der Waals surface area contributed by atoms with Crippen molar-refractivity contribution in [3.05, 3.63) is 107 Å². The zero-order chi connectivity index (χ0) is 29.9. The molecule has 2 heterocycles. The number of benzene rings is 2. The van der Waals surface area contributed by atoms with Gasteiger partial charge in [-0.1, -0.05) is 62.4 Å². The summed E-state index contributed by atoms with van der Waals surface area (Å²) in [5, 5.41) is 0. The summed E-state index contributed by atoms with van der Waals surface area (Å²) in [6, 6.07) is 15.5. The first-order valence-electron chi connectivity index (χ1n) is 15.2. The van der Waals surface area contributed by atoms with Gasteiger partial charge in [-0.3, -0.25) is 9.59 Å². The van der Waals surface area contributed by atoms with Gasteiger partial charge >= 0.3 is 5.97 Å². The molecule has 0 amide bonds. The van der Waals surface area contributed by atoms with Crippen molar-refractivity contribution in [2.24, 2.45) is 5.41 Å². The average molecular weight is 564 g/mol. The fourth-order valence-corrected chi connectivity index (χ4v) is 6.77. The predicted octanol–water partition coefficient (Wildman–Crippen LogP) is 8.06. The molecule has 5 nitrogen and oxygen atoms in total. The van der Waals surface area contributed by atoms with Crippen molar-refractivity contribution in [1.29, 1.82) is 0 Å². The molecule has 0 atom stereocenters. The van der Waals surface area contributed by atoms with Crippen LogP contribution in [-0.2, 0) is 10.2 Å².